The van der Waals surface area contributed by atoms with Crippen LogP contribution in [0.25, 0.3) is 11.0 Å². The van der Waals surface area contributed by atoms with Gasteiger partial charge >= 0.3 is 0 Å². The van der Waals surface area contributed by atoms with Crippen LogP contribution >= 0.6 is 0 Å². The topological polar surface area (TPSA) is 81.8 Å². The third-order valence-corrected chi connectivity index (χ3v) is 4.98. The number of benzene rings is 2. The van der Waals surface area contributed by atoms with Crippen LogP contribution in [-0.4, -0.2) is 31.8 Å². The van der Waals surface area contributed by atoms with E-state index in [9.17, 15) is 14.0 Å². The van der Waals surface area contributed by atoms with E-state index in [1.165, 1.54) is 29.2 Å². The van der Waals surface area contributed by atoms with Crippen molar-refractivity contribution in [2.45, 2.75) is 26.9 Å². The van der Waals surface area contributed by atoms with Crippen LogP contribution in [0, 0.1) is 19.7 Å². The maximum Gasteiger partial charge on any atom is 0.264 e. The fourth-order valence-corrected chi connectivity index (χ4v) is 3.54. The van der Waals surface area contributed by atoms with Gasteiger partial charge in [0.25, 0.3) is 11.5 Å². The Kier molecular flexibility index (Phi) is 5.62. The second-order valence-corrected chi connectivity index (χ2v) is 7.54. The summed E-state index contributed by atoms with van der Waals surface area (Å²) in [6.45, 7) is 4.93. The van der Waals surface area contributed by atoms with Crippen molar-refractivity contribution < 1.29 is 9.18 Å². The van der Waals surface area contributed by atoms with Crippen LogP contribution in [0.1, 0.15) is 27.0 Å². The van der Waals surface area contributed by atoms with Crippen LogP contribution in [0.3, 0.4) is 0 Å². The van der Waals surface area contributed by atoms with Crippen molar-refractivity contribution in [1.82, 2.24) is 24.6 Å². The maximum atomic E-state index is 13.1. The van der Waals surface area contributed by atoms with Gasteiger partial charge in [-0.25, -0.2) is 14.1 Å². The second-order valence-electron chi connectivity index (χ2n) is 7.54. The third kappa shape index (κ3) is 4.53. The molecule has 2 aromatic heterocycles. The fourth-order valence-electron chi connectivity index (χ4n) is 3.54. The van der Waals surface area contributed by atoms with Crippen LogP contribution in [-0.2, 0) is 13.1 Å². The van der Waals surface area contributed by atoms with Gasteiger partial charge in [-0.05, 0) is 43.7 Å². The first-order valence-electron chi connectivity index (χ1n) is 9.92. The molecule has 0 aliphatic carbocycles. The quantitative estimate of drug-likeness (QED) is 0.521. The van der Waals surface area contributed by atoms with E-state index < -0.39 is 0 Å². The number of aromatic nitrogens is 4. The molecule has 0 saturated carbocycles. The largest absolute Gasteiger partial charge is 0.350 e. The van der Waals surface area contributed by atoms with E-state index in [2.05, 4.69) is 15.4 Å². The van der Waals surface area contributed by atoms with Crippen LogP contribution in [0.4, 0.5) is 4.39 Å². The first-order valence-corrected chi connectivity index (χ1v) is 9.92. The highest BCUT2D eigenvalue weighted by Gasteiger charge is 2.11. The number of carbonyl (C=O) groups excluding carboxylic acids is 1. The average molecular weight is 419 g/mol. The molecule has 0 spiro atoms. The van der Waals surface area contributed by atoms with Crippen LogP contribution in [0.2, 0.25) is 0 Å². The molecule has 2 heterocycles. The Bertz CT molecular complexity index is 1290. The number of halogens is 1. The lowest BCUT2D eigenvalue weighted by Gasteiger charge is -2.08. The van der Waals surface area contributed by atoms with Crippen molar-refractivity contribution in [3.63, 3.8) is 0 Å². The zero-order valence-corrected chi connectivity index (χ0v) is 17.3. The molecule has 8 heteroatoms. The Morgan fingerprint density at radius 2 is 1.81 bits per heavy atom. The molecule has 31 heavy (non-hydrogen) atoms. The highest BCUT2D eigenvalue weighted by Crippen LogP contribution is 2.10. The van der Waals surface area contributed by atoms with E-state index in [-0.39, 0.29) is 17.3 Å². The fraction of sp³-hybridized carbons (Fsp3) is 0.217. The number of rotatable bonds is 6. The summed E-state index contributed by atoms with van der Waals surface area (Å²) in [5.74, 6) is -0.478. The lowest BCUT2D eigenvalue weighted by Crippen LogP contribution is -2.28. The molecule has 1 amide bonds. The van der Waals surface area contributed by atoms with Crippen molar-refractivity contribution in [2.24, 2.45) is 0 Å². The molecule has 0 unspecified atom stereocenters. The molecule has 1 N–H and O–H groups in total. The summed E-state index contributed by atoms with van der Waals surface area (Å²) in [6.07, 6.45) is 2.94. The predicted octanol–water partition coefficient (Wildman–Crippen LogP) is 2.83. The minimum Gasteiger partial charge on any atom is -0.350 e. The van der Waals surface area contributed by atoms with Gasteiger partial charge in [0, 0.05) is 12.1 Å². The summed E-state index contributed by atoms with van der Waals surface area (Å²) < 4.78 is 16.1. The molecule has 0 saturated heterocycles. The lowest BCUT2D eigenvalue weighted by molar-refractivity contribution is 0.0952. The standard InChI is InChI=1S/C23H22FN5O2/c1-15-9-16(2)11-18(10-15)22(30)25-7-8-29-21-20(12-27-29)23(31)28(14-26-21)13-17-3-5-19(24)6-4-17/h3-6,9-12,14H,7-8,13H2,1-2H3,(H,25,30). The molecule has 0 atom stereocenters. The van der Waals surface area contributed by atoms with Gasteiger partial charge in [-0.1, -0.05) is 29.3 Å². The van der Waals surface area contributed by atoms with E-state index in [0.29, 0.717) is 36.2 Å². The first-order chi connectivity index (χ1) is 14.9. The molecule has 158 valence electrons. The monoisotopic (exact) mass is 419 g/mol. The molecule has 0 aliphatic rings. The maximum absolute atomic E-state index is 13.1. The number of hydrogen-bond donors (Lipinski definition) is 1. The predicted molar refractivity (Wildman–Crippen MR) is 116 cm³/mol. The van der Waals surface area contributed by atoms with Crippen molar-refractivity contribution in [2.75, 3.05) is 6.54 Å². The Morgan fingerprint density at radius 1 is 1.10 bits per heavy atom. The van der Waals surface area contributed by atoms with Gasteiger partial charge < -0.3 is 5.32 Å². The summed E-state index contributed by atoms with van der Waals surface area (Å²) in [4.78, 5) is 29.5. The Hall–Kier alpha value is -3.81. The Labute approximate surface area is 178 Å². The van der Waals surface area contributed by atoms with Crippen molar-refractivity contribution >= 4 is 16.9 Å². The molecule has 4 aromatic rings. The van der Waals surface area contributed by atoms with Crippen molar-refractivity contribution in [3.8, 4) is 0 Å². The SMILES string of the molecule is Cc1cc(C)cc(C(=O)NCCn2ncc3c(=O)n(Cc4ccc(F)cc4)cnc32)c1. The second kappa shape index (κ2) is 8.51. The zero-order chi connectivity index (χ0) is 22.0. The zero-order valence-electron chi connectivity index (χ0n) is 17.3. The summed E-state index contributed by atoms with van der Waals surface area (Å²) in [6, 6.07) is 11.7. The lowest BCUT2D eigenvalue weighted by atomic mass is 10.1. The molecular formula is C23H22FN5O2. The van der Waals surface area contributed by atoms with Gasteiger partial charge in [-0.15, -0.1) is 0 Å². The van der Waals surface area contributed by atoms with Gasteiger partial charge in [0.1, 0.15) is 17.5 Å². The number of carbonyl (C=O) groups is 1. The van der Waals surface area contributed by atoms with E-state index in [0.717, 1.165) is 16.7 Å². The number of aryl methyl sites for hydroxylation is 2. The molecule has 0 bridgehead atoms. The minimum atomic E-state index is -0.324. The van der Waals surface area contributed by atoms with Gasteiger partial charge in [0.15, 0.2) is 5.65 Å². The number of fused-ring (bicyclic) bond motifs is 1. The highest BCUT2D eigenvalue weighted by atomic mass is 19.1. The summed E-state index contributed by atoms with van der Waals surface area (Å²) >= 11 is 0. The van der Waals surface area contributed by atoms with E-state index in [1.54, 1.807) is 16.8 Å². The molecule has 0 fully saturated rings. The van der Waals surface area contributed by atoms with E-state index >= 15 is 0 Å². The van der Waals surface area contributed by atoms with Gasteiger partial charge in [0.05, 0.1) is 19.3 Å². The van der Waals surface area contributed by atoms with Gasteiger partial charge in [-0.3, -0.25) is 14.2 Å². The van der Waals surface area contributed by atoms with E-state index in [1.807, 2.05) is 32.0 Å². The minimum absolute atomic E-state index is 0.155. The number of nitrogens with zero attached hydrogens (tertiary/aromatic N) is 4. The Balaban J connectivity index is 1.45. The first kappa shape index (κ1) is 20.5. The molecule has 2 aromatic carbocycles. The average Bonchev–Trinajstić information content (AvgIpc) is 3.14. The van der Waals surface area contributed by atoms with Crippen LogP contribution < -0.4 is 10.9 Å². The third-order valence-electron chi connectivity index (χ3n) is 4.98. The number of nitrogens with one attached hydrogen (secondary N) is 1. The van der Waals surface area contributed by atoms with Gasteiger partial charge in [0.2, 0.25) is 0 Å². The molecule has 0 aliphatic heterocycles. The summed E-state index contributed by atoms with van der Waals surface area (Å²) in [5, 5.41) is 7.53. The summed E-state index contributed by atoms with van der Waals surface area (Å²) in [5.41, 5.74) is 3.71. The number of hydrogen-bond acceptors (Lipinski definition) is 4. The molecular weight excluding hydrogens is 397 g/mol. The van der Waals surface area contributed by atoms with Crippen LogP contribution in [0.5, 0.6) is 0 Å². The van der Waals surface area contributed by atoms with Crippen molar-refractivity contribution in [3.05, 3.63) is 93.4 Å². The van der Waals surface area contributed by atoms with E-state index in [4.69, 9.17) is 0 Å². The Morgan fingerprint density at radius 3 is 2.52 bits per heavy atom. The smallest absolute Gasteiger partial charge is 0.264 e. The molecule has 4 rings (SSSR count). The molecule has 0 radical (unpaired) electrons. The van der Waals surface area contributed by atoms with Crippen LogP contribution in [0.15, 0.2) is 59.8 Å². The van der Waals surface area contributed by atoms with Crippen molar-refractivity contribution in [1.29, 1.82) is 0 Å². The molecule has 7 nitrogen and oxygen atoms in total. The van der Waals surface area contributed by atoms with Gasteiger partial charge in [-0.2, -0.15) is 5.10 Å². The highest BCUT2D eigenvalue weighted by molar-refractivity contribution is 5.94. The number of amides is 1. The summed E-state index contributed by atoms with van der Waals surface area (Å²) in [7, 11) is 0. The normalized spacial score (nSPS) is 11.1.